The minimum absolute atomic E-state index is 0.123. The molecule has 3 N–H and O–H groups in total. The van der Waals surface area contributed by atoms with Gasteiger partial charge in [-0.15, -0.1) is 0 Å². The molecule has 0 spiro atoms. The van der Waals surface area contributed by atoms with Gasteiger partial charge < -0.3 is 20.3 Å². The summed E-state index contributed by atoms with van der Waals surface area (Å²) >= 11 is 0. The summed E-state index contributed by atoms with van der Waals surface area (Å²) in [7, 11) is 3.17. The first-order chi connectivity index (χ1) is 9.67. The van der Waals surface area contributed by atoms with Gasteiger partial charge in [-0.2, -0.15) is 0 Å². The van der Waals surface area contributed by atoms with Crippen molar-refractivity contribution < 1.29 is 14.6 Å². The van der Waals surface area contributed by atoms with Crippen LogP contribution in [0.15, 0.2) is 11.6 Å². The lowest BCUT2D eigenvalue weighted by atomic mass is 9.95. The van der Waals surface area contributed by atoms with E-state index in [1.54, 1.807) is 20.3 Å². The summed E-state index contributed by atoms with van der Waals surface area (Å²) in [5.74, 6) is 1.20. The number of hydrogen-bond donors (Lipinski definition) is 2. The second-order valence-corrected chi connectivity index (χ2v) is 5.50. The Bertz CT molecular complexity index is 578. The van der Waals surface area contributed by atoms with Crippen LogP contribution in [0.2, 0.25) is 0 Å². The molecule has 0 aliphatic heterocycles. The van der Waals surface area contributed by atoms with E-state index >= 15 is 0 Å². The maximum atomic E-state index is 10.1. The molecular formula is C16H21NO3. The van der Waals surface area contributed by atoms with Crippen molar-refractivity contribution >= 4 is 5.57 Å². The van der Waals surface area contributed by atoms with Gasteiger partial charge in [-0.25, -0.2) is 0 Å². The number of allylic oxidation sites excluding steroid dienone is 1. The van der Waals surface area contributed by atoms with Crippen LogP contribution < -0.4 is 15.2 Å². The summed E-state index contributed by atoms with van der Waals surface area (Å²) in [6.07, 6.45) is 5.02. The zero-order valence-electron chi connectivity index (χ0n) is 12.0. The van der Waals surface area contributed by atoms with Crippen LogP contribution in [0.4, 0.5) is 0 Å². The Morgan fingerprint density at radius 3 is 2.60 bits per heavy atom. The molecule has 0 saturated carbocycles. The van der Waals surface area contributed by atoms with Gasteiger partial charge in [0.2, 0.25) is 5.75 Å². The first-order valence-electron chi connectivity index (χ1n) is 7.12. The first kappa shape index (κ1) is 13.3. The summed E-state index contributed by atoms with van der Waals surface area (Å²) in [5, 5.41) is 10.1. The fraction of sp³-hybridized carbons (Fsp3) is 0.500. The van der Waals surface area contributed by atoms with E-state index < -0.39 is 0 Å². The minimum Gasteiger partial charge on any atom is -0.504 e. The maximum Gasteiger partial charge on any atom is 0.203 e. The summed E-state index contributed by atoms with van der Waals surface area (Å²) in [6.45, 7) is 0. The molecule has 0 amide bonds. The van der Waals surface area contributed by atoms with Gasteiger partial charge in [0.15, 0.2) is 11.5 Å². The van der Waals surface area contributed by atoms with E-state index in [0.717, 1.165) is 43.2 Å². The van der Waals surface area contributed by atoms with E-state index in [1.807, 2.05) is 0 Å². The monoisotopic (exact) mass is 275 g/mol. The Morgan fingerprint density at radius 2 is 1.90 bits per heavy atom. The van der Waals surface area contributed by atoms with Crippen molar-refractivity contribution in [1.82, 2.24) is 0 Å². The maximum absolute atomic E-state index is 10.1. The number of phenolic OH excluding ortho intramolecular Hbond substituents is 1. The molecule has 1 aromatic rings. The second-order valence-electron chi connectivity index (χ2n) is 5.50. The number of fused-ring (bicyclic) bond motifs is 2. The molecule has 1 atom stereocenters. The number of rotatable bonds is 2. The van der Waals surface area contributed by atoms with Crippen molar-refractivity contribution in [2.24, 2.45) is 5.73 Å². The third kappa shape index (κ3) is 1.86. The van der Waals surface area contributed by atoms with E-state index in [4.69, 9.17) is 15.2 Å². The van der Waals surface area contributed by atoms with Gasteiger partial charge in [0.05, 0.1) is 14.2 Å². The third-order valence-corrected chi connectivity index (χ3v) is 4.44. The van der Waals surface area contributed by atoms with Gasteiger partial charge in [0.25, 0.3) is 0 Å². The zero-order chi connectivity index (χ0) is 14.3. The molecule has 0 heterocycles. The highest BCUT2D eigenvalue weighted by molar-refractivity contribution is 5.82. The molecule has 1 aromatic carbocycles. The molecule has 2 aliphatic rings. The molecule has 0 fully saturated rings. The topological polar surface area (TPSA) is 64.7 Å². The lowest BCUT2D eigenvalue weighted by molar-refractivity contribution is 0.331. The average molecular weight is 275 g/mol. The molecule has 108 valence electrons. The Hall–Kier alpha value is -1.68. The quantitative estimate of drug-likeness (QED) is 0.871. The molecule has 4 heteroatoms. The number of methoxy groups -OCH3 is 2. The predicted octanol–water partition coefficient (Wildman–Crippen LogP) is 2.62. The fourth-order valence-electron chi connectivity index (χ4n) is 3.55. The second kappa shape index (κ2) is 5.02. The smallest absolute Gasteiger partial charge is 0.203 e. The molecule has 0 aromatic heterocycles. The Kier molecular flexibility index (Phi) is 3.34. The van der Waals surface area contributed by atoms with Crippen molar-refractivity contribution in [3.63, 3.8) is 0 Å². The van der Waals surface area contributed by atoms with Crippen molar-refractivity contribution in [2.45, 2.75) is 38.1 Å². The molecule has 2 aliphatic carbocycles. The molecule has 0 bridgehead atoms. The minimum atomic E-state index is 0.123. The van der Waals surface area contributed by atoms with Gasteiger partial charge in [-0.1, -0.05) is 0 Å². The molecule has 0 saturated heterocycles. The van der Waals surface area contributed by atoms with Crippen LogP contribution in [0.5, 0.6) is 17.2 Å². The largest absolute Gasteiger partial charge is 0.504 e. The van der Waals surface area contributed by atoms with E-state index in [-0.39, 0.29) is 11.8 Å². The van der Waals surface area contributed by atoms with Gasteiger partial charge in [-0.3, -0.25) is 0 Å². The van der Waals surface area contributed by atoms with E-state index in [2.05, 4.69) is 0 Å². The van der Waals surface area contributed by atoms with Crippen LogP contribution in [-0.4, -0.2) is 25.4 Å². The number of nitrogens with two attached hydrogens (primary N) is 1. The molecular weight excluding hydrogens is 254 g/mol. The van der Waals surface area contributed by atoms with Gasteiger partial charge >= 0.3 is 0 Å². The SMILES string of the molecule is COc1c(O)cc2c(c1OC)C1=C(CCC1)[C@@H](N)CC2. The molecule has 3 rings (SSSR count). The van der Waals surface area contributed by atoms with E-state index in [0.29, 0.717) is 11.5 Å². The lowest BCUT2D eigenvalue weighted by Crippen LogP contribution is -2.22. The van der Waals surface area contributed by atoms with Crippen LogP contribution in [-0.2, 0) is 6.42 Å². The van der Waals surface area contributed by atoms with Crippen LogP contribution >= 0.6 is 0 Å². The fourth-order valence-corrected chi connectivity index (χ4v) is 3.55. The Balaban J connectivity index is 2.28. The van der Waals surface area contributed by atoms with E-state index in [1.165, 1.54) is 11.1 Å². The predicted molar refractivity (Wildman–Crippen MR) is 78.3 cm³/mol. The number of benzene rings is 1. The lowest BCUT2D eigenvalue weighted by Gasteiger charge is -2.18. The Morgan fingerprint density at radius 1 is 1.15 bits per heavy atom. The van der Waals surface area contributed by atoms with E-state index in [9.17, 15) is 5.11 Å². The molecule has 0 radical (unpaired) electrons. The number of ether oxygens (including phenoxy) is 2. The molecule has 4 nitrogen and oxygen atoms in total. The molecule has 20 heavy (non-hydrogen) atoms. The van der Waals surface area contributed by atoms with Crippen LogP contribution in [0, 0.1) is 0 Å². The third-order valence-electron chi connectivity index (χ3n) is 4.44. The highest BCUT2D eigenvalue weighted by Crippen LogP contribution is 2.50. The van der Waals surface area contributed by atoms with Crippen molar-refractivity contribution in [3.05, 3.63) is 22.8 Å². The molecule has 0 unspecified atom stereocenters. The van der Waals surface area contributed by atoms with Crippen molar-refractivity contribution in [3.8, 4) is 17.2 Å². The van der Waals surface area contributed by atoms with Crippen molar-refractivity contribution in [1.29, 1.82) is 0 Å². The van der Waals surface area contributed by atoms with Gasteiger partial charge in [0, 0.05) is 11.6 Å². The van der Waals surface area contributed by atoms with Crippen molar-refractivity contribution in [2.75, 3.05) is 14.2 Å². The number of aromatic hydroxyl groups is 1. The van der Waals surface area contributed by atoms with Crippen LogP contribution in [0.3, 0.4) is 0 Å². The number of aryl methyl sites for hydroxylation is 1. The van der Waals surface area contributed by atoms with Crippen LogP contribution in [0.25, 0.3) is 5.57 Å². The summed E-state index contributed by atoms with van der Waals surface area (Å²) < 4.78 is 10.9. The average Bonchev–Trinajstić information content (AvgIpc) is 2.88. The van der Waals surface area contributed by atoms with Gasteiger partial charge in [-0.05, 0) is 54.9 Å². The standard InChI is InChI=1S/C16H21NO3/c1-19-15-13(18)8-9-6-7-12(17)10-4-3-5-11(10)14(9)16(15)20-2/h8,12,18H,3-7,17H2,1-2H3/t12-/m0/s1. The number of phenols is 1. The number of hydrogen-bond acceptors (Lipinski definition) is 4. The highest BCUT2D eigenvalue weighted by Gasteiger charge is 2.30. The Labute approximate surface area is 119 Å². The zero-order valence-corrected chi connectivity index (χ0v) is 12.0. The summed E-state index contributed by atoms with van der Waals surface area (Å²) in [6, 6.07) is 1.93. The first-order valence-corrected chi connectivity index (χ1v) is 7.12. The van der Waals surface area contributed by atoms with Gasteiger partial charge in [0.1, 0.15) is 0 Å². The normalized spacial score (nSPS) is 21.2. The summed E-state index contributed by atoms with van der Waals surface area (Å²) in [5.41, 5.74) is 11.2. The van der Waals surface area contributed by atoms with Crippen LogP contribution in [0.1, 0.15) is 36.8 Å². The highest BCUT2D eigenvalue weighted by atomic mass is 16.5. The summed E-state index contributed by atoms with van der Waals surface area (Å²) in [4.78, 5) is 0.